The number of benzene rings is 1. The van der Waals surface area contributed by atoms with Crippen LogP contribution in [0.3, 0.4) is 0 Å². The maximum atomic E-state index is 12.3. The Kier molecular flexibility index (Phi) is 6.24. The molecule has 0 bridgehead atoms. The molecular formula is C16H26N2O5S. The van der Waals surface area contributed by atoms with E-state index in [1.807, 2.05) is 0 Å². The van der Waals surface area contributed by atoms with E-state index in [2.05, 4.69) is 10.0 Å². The van der Waals surface area contributed by atoms with Crippen LogP contribution in [0.25, 0.3) is 0 Å². The molecular weight excluding hydrogens is 332 g/mol. The SMILES string of the molecule is COc1ccc(S(=O)(=O)NCC(C)(C)NC(=O)OC(C)(C)C)cc1. The maximum Gasteiger partial charge on any atom is 0.408 e. The van der Waals surface area contributed by atoms with Gasteiger partial charge in [0.25, 0.3) is 0 Å². The number of carbonyl (C=O) groups is 1. The highest BCUT2D eigenvalue weighted by molar-refractivity contribution is 7.89. The van der Waals surface area contributed by atoms with Crippen molar-refractivity contribution >= 4 is 16.1 Å². The van der Waals surface area contributed by atoms with Crippen LogP contribution in [-0.4, -0.2) is 39.3 Å². The predicted molar refractivity (Wildman–Crippen MR) is 91.6 cm³/mol. The number of methoxy groups -OCH3 is 1. The molecule has 8 heteroatoms. The van der Waals surface area contributed by atoms with Gasteiger partial charge in [-0.2, -0.15) is 0 Å². The molecule has 0 aliphatic heterocycles. The number of sulfonamides is 1. The van der Waals surface area contributed by atoms with Crippen molar-refractivity contribution in [3.05, 3.63) is 24.3 Å². The van der Waals surface area contributed by atoms with Crippen molar-refractivity contribution in [2.45, 2.75) is 50.7 Å². The first kappa shape index (κ1) is 20.2. The Morgan fingerprint density at radius 2 is 1.62 bits per heavy atom. The Bertz CT molecular complexity index is 661. The van der Waals surface area contributed by atoms with Crippen LogP contribution in [0.1, 0.15) is 34.6 Å². The fraction of sp³-hybridized carbons (Fsp3) is 0.562. The molecule has 7 nitrogen and oxygen atoms in total. The zero-order valence-corrected chi connectivity index (χ0v) is 15.8. The lowest BCUT2D eigenvalue weighted by molar-refractivity contribution is 0.0474. The molecule has 1 aromatic rings. The fourth-order valence-electron chi connectivity index (χ4n) is 1.74. The molecule has 0 unspecified atom stereocenters. The third-order valence-corrected chi connectivity index (χ3v) is 4.33. The average Bonchev–Trinajstić information content (AvgIpc) is 2.43. The Balaban J connectivity index is 2.69. The third-order valence-electron chi connectivity index (χ3n) is 2.91. The summed E-state index contributed by atoms with van der Waals surface area (Å²) in [7, 11) is -2.18. The Hall–Kier alpha value is -1.80. The van der Waals surface area contributed by atoms with E-state index in [1.54, 1.807) is 46.8 Å². The van der Waals surface area contributed by atoms with Gasteiger partial charge in [0.1, 0.15) is 11.4 Å². The van der Waals surface area contributed by atoms with Crippen molar-refractivity contribution < 1.29 is 22.7 Å². The molecule has 0 saturated heterocycles. The number of ether oxygens (including phenoxy) is 2. The second-order valence-electron chi connectivity index (χ2n) is 7.01. The van der Waals surface area contributed by atoms with E-state index in [0.29, 0.717) is 5.75 Å². The van der Waals surface area contributed by atoms with Crippen molar-refractivity contribution in [3.63, 3.8) is 0 Å². The molecule has 0 fully saturated rings. The zero-order chi connectivity index (χ0) is 18.6. The zero-order valence-electron chi connectivity index (χ0n) is 15.0. The van der Waals surface area contributed by atoms with Crippen LogP contribution in [0, 0.1) is 0 Å². The molecule has 1 aromatic carbocycles. The summed E-state index contributed by atoms with van der Waals surface area (Å²) in [5.74, 6) is 0.570. The van der Waals surface area contributed by atoms with Gasteiger partial charge in [-0.1, -0.05) is 0 Å². The standard InChI is InChI=1S/C16H26N2O5S/c1-15(2,3)23-14(19)18-16(4,5)11-17-24(20,21)13-9-7-12(22-6)8-10-13/h7-10,17H,11H2,1-6H3,(H,18,19). The minimum atomic E-state index is -3.69. The van der Waals surface area contributed by atoms with Gasteiger partial charge in [0, 0.05) is 6.54 Å². The van der Waals surface area contributed by atoms with E-state index >= 15 is 0 Å². The molecule has 0 heterocycles. The first-order valence-corrected chi connectivity index (χ1v) is 8.98. The highest BCUT2D eigenvalue weighted by atomic mass is 32.2. The quantitative estimate of drug-likeness (QED) is 0.814. The topological polar surface area (TPSA) is 93.7 Å². The van der Waals surface area contributed by atoms with E-state index in [4.69, 9.17) is 9.47 Å². The summed E-state index contributed by atoms with van der Waals surface area (Å²) in [4.78, 5) is 11.9. The van der Waals surface area contributed by atoms with Crippen LogP contribution in [-0.2, 0) is 14.8 Å². The van der Waals surface area contributed by atoms with E-state index in [-0.39, 0.29) is 11.4 Å². The molecule has 0 atom stereocenters. The summed E-state index contributed by atoms with van der Waals surface area (Å²) in [6, 6.07) is 6.04. The van der Waals surface area contributed by atoms with Gasteiger partial charge in [0.05, 0.1) is 17.5 Å². The average molecular weight is 358 g/mol. The summed E-state index contributed by atoms with van der Waals surface area (Å²) in [5.41, 5.74) is -1.44. The fourth-order valence-corrected chi connectivity index (χ4v) is 2.95. The first-order chi connectivity index (χ1) is 10.8. The van der Waals surface area contributed by atoms with Gasteiger partial charge in [0.15, 0.2) is 0 Å². The highest BCUT2D eigenvalue weighted by Gasteiger charge is 2.26. The number of hydrogen-bond acceptors (Lipinski definition) is 5. The van der Waals surface area contributed by atoms with Crippen LogP contribution in [0.2, 0.25) is 0 Å². The lowest BCUT2D eigenvalue weighted by atomic mass is 10.1. The van der Waals surface area contributed by atoms with Crippen LogP contribution < -0.4 is 14.8 Å². The minimum Gasteiger partial charge on any atom is -0.497 e. The molecule has 1 rings (SSSR count). The lowest BCUT2D eigenvalue weighted by Crippen LogP contribution is -2.52. The Morgan fingerprint density at radius 1 is 1.08 bits per heavy atom. The highest BCUT2D eigenvalue weighted by Crippen LogP contribution is 2.16. The summed E-state index contributed by atoms with van der Waals surface area (Å²) < 4.78 is 37.3. The molecule has 0 aliphatic rings. The maximum absolute atomic E-state index is 12.3. The molecule has 24 heavy (non-hydrogen) atoms. The van der Waals surface area contributed by atoms with Gasteiger partial charge in [-0.3, -0.25) is 0 Å². The first-order valence-electron chi connectivity index (χ1n) is 7.49. The summed E-state index contributed by atoms with van der Waals surface area (Å²) in [6.45, 7) is 8.69. The van der Waals surface area contributed by atoms with Gasteiger partial charge < -0.3 is 14.8 Å². The second-order valence-corrected chi connectivity index (χ2v) is 8.78. The van der Waals surface area contributed by atoms with Crippen molar-refractivity contribution in [1.29, 1.82) is 0 Å². The summed E-state index contributed by atoms with van der Waals surface area (Å²) >= 11 is 0. The normalized spacial score (nSPS) is 12.6. The van der Waals surface area contributed by atoms with E-state index in [9.17, 15) is 13.2 Å². The van der Waals surface area contributed by atoms with E-state index in [1.165, 1.54) is 19.2 Å². The molecule has 2 N–H and O–H groups in total. The largest absolute Gasteiger partial charge is 0.497 e. The van der Waals surface area contributed by atoms with Crippen LogP contribution >= 0.6 is 0 Å². The molecule has 136 valence electrons. The molecule has 1 amide bonds. The number of rotatable bonds is 6. The van der Waals surface area contributed by atoms with E-state index < -0.39 is 27.3 Å². The lowest BCUT2D eigenvalue weighted by Gasteiger charge is -2.28. The van der Waals surface area contributed by atoms with Crippen LogP contribution in [0.15, 0.2) is 29.2 Å². The van der Waals surface area contributed by atoms with Crippen LogP contribution in [0.4, 0.5) is 4.79 Å². The van der Waals surface area contributed by atoms with Gasteiger partial charge in [-0.25, -0.2) is 17.9 Å². The number of carbonyl (C=O) groups excluding carboxylic acids is 1. The van der Waals surface area contributed by atoms with Gasteiger partial charge in [0.2, 0.25) is 10.0 Å². The minimum absolute atomic E-state index is 0.0145. The number of hydrogen-bond donors (Lipinski definition) is 2. The van der Waals surface area contributed by atoms with Gasteiger partial charge >= 0.3 is 6.09 Å². The van der Waals surface area contributed by atoms with E-state index in [0.717, 1.165) is 0 Å². The third kappa shape index (κ3) is 6.76. The number of amides is 1. The Morgan fingerprint density at radius 3 is 2.08 bits per heavy atom. The molecule has 0 aromatic heterocycles. The number of alkyl carbamates (subject to hydrolysis) is 1. The van der Waals surface area contributed by atoms with Crippen LogP contribution in [0.5, 0.6) is 5.75 Å². The van der Waals surface area contributed by atoms with Crippen molar-refractivity contribution in [2.24, 2.45) is 0 Å². The monoisotopic (exact) mass is 358 g/mol. The number of nitrogens with one attached hydrogen (secondary N) is 2. The van der Waals surface area contributed by atoms with Crippen molar-refractivity contribution in [1.82, 2.24) is 10.0 Å². The van der Waals surface area contributed by atoms with Crippen molar-refractivity contribution in [3.8, 4) is 5.75 Å². The molecule has 0 radical (unpaired) electrons. The summed E-state index contributed by atoms with van der Waals surface area (Å²) in [5, 5.41) is 2.65. The van der Waals surface area contributed by atoms with Gasteiger partial charge in [-0.15, -0.1) is 0 Å². The summed E-state index contributed by atoms with van der Waals surface area (Å²) in [6.07, 6.45) is -0.601. The predicted octanol–water partition coefficient (Wildman–Crippen LogP) is 2.28. The molecule has 0 spiro atoms. The molecule has 0 saturated carbocycles. The second kappa shape index (κ2) is 7.40. The van der Waals surface area contributed by atoms with Gasteiger partial charge in [-0.05, 0) is 58.9 Å². The molecule has 0 aliphatic carbocycles. The Labute approximate surface area is 143 Å². The smallest absolute Gasteiger partial charge is 0.408 e. The van der Waals surface area contributed by atoms with Crippen molar-refractivity contribution in [2.75, 3.05) is 13.7 Å².